The van der Waals surface area contributed by atoms with Gasteiger partial charge in [0, 0.05) is 0 Å². The van der Waals surface area contributed by atoms with Gasteiger partial charge in [0.05, 0.1) is 0 Å². The molecule has 1 aliphatic rings. The molecule has 0 heterocycles. The molecule has 0 spiro atoms. The van der Waals surface area contributed by atoms with Crippen molar-refractivity contribution in [3.63, 3.8) is 0 Å². The molecule has 0 heteroatoms. The second-order valence-electron chi connectivity index (χ2n) is 3.12. The van der Waals surface area contributed by atoms with Gasteiger partial charge < -0.3 is 0 Å². The SMILES string of the molecule is C/C=C\C.C=C1CCCC1C.CC.CC. The molecule has 1 saturated carbocycles. The van der Waals surface area contributed by atoms with Gasteiger partial charge in [0.15, 0.2) is 0 Å². The smallest absolute Gasteiger partial charge is 0.0234 e. The first-order chi connectivity index (χ1) is 7.22. The van der Waals surface area contributed by atoms with E-state index in [1.807, 2.05) is 53.7 Å². The second-order valence-corrected chi connectivity index (χ2v) is 3.12. The zero-order valence-electron chi connectivity index (χ0n) is 12.1. The average Bonchev–Trinajstić information content (AvgIpc) is 2.69. The van der Waals surface area contributed by atoms with Gasteiger partial charge >= 0.3 is 0 Å². The van der Waals surface area contributed by atoms with Crippen LogP contribution < -0.4 is 0 Å². The van der Waals surface area contributed by atoms with Crippen LogP contribution in [0.2, 0.25) is 0 Å². The third kappa shape index (κ3) is 16.2. The molecule has 0 aromatic rings. The molecule has 1 unspecified atom stereocenters. The van der Waals surface area contributed by atoms with Crippen molar-refractivity contribution in [3.05, 3.63) is 24.3 Å². The fraction of sp³-hybridized carbons (Fsp3) is 0.733. The number of hydrogen-bond acceptors (Lipinski definition) is 0. The van der Waals surface area contributed by atoms with E-state index in [9.17, 15) is 0 Å². The van der Waals surface area contributed by atoms with Gasteiger partial charge in [0.1, 0.15) is 0 Å². The van der Waals surface area contributed by atoms with Crippen LogP contribution in [0.1, 0.15) is 67.7 Å². The largest absolute Gasteiger partial charge is 0.0996 e. The molecule has 0 N–H and O–H groups in total. The van der Waals surface area contributed by atoms with Crippen molar-refractivity contribution in [2.45, 2.75) is 67.7 Å². The predicted octanol–water partition coefficient (Wildman–Crippen LogP) is 6.00. The quantitative estimate of drug-likeness (QED) is 0.432. The molecule has 0 aromatic carbocycles. The van der Waals surface area contributed by atoms with Gasteiger partial charge in [-0.2, -0.15) is 0 Å². The Bertz CT molecular complexity index is 127. The maximum absolute atomic E-state index is 3.94. The first kappa shape index (κ1) is 20.0. The summed E-state index contributed by atoms with van der Waals surface area (Å²) in [6, 6.07) is 0. The fourth-order valence-electron chi connectivity index (χ4n) is 1.09. The summed E-state index contributed by atoms with van der Waals surface area (Å²) < 4.78 is 0. The molecule has 1 aliphatic carbocycles. The summed E-state index contributed by atoms with van der Waals surface area (Å²) in [5.74, 6) is 0.819. The highest BCUT2D eigenvalue weighted by atomic mass is 14.2. The van der Waals surface area contributed by atoms with Crippen LogP contribution in [0.4, 0.5) is 0 Å². The number of hydrogen-bond donors (Lipinski definition) is 0. The molecule has 0 saturated heterocycles. The van der Waals surface area contributed by atoms with Crippen molar-refractivity contribution in [2.24, 2.45) is 5.92 Å². The van der Waals surface area contributed by atoms with Crippen LogP contribution in [-0.4, -0.2) is 0 Å². The lowest BCUT2D eigenvalue weighted by Crippen LogP contribution is -1.83. The summed E-state index contributed by atoms with van der Waals surface area (Å²) in [4.78, 5) is 0. The van der Waals surface area contributed by atoms with Crippen molar-refractivity contribution < 1.29 is 0 Å². The van der Waals surface area contributed by atoms with Crippen LogP contribution in [0.25, 0.3) is 0 Å². The summed E-state index contributed by atoms with van der Waals surface area (Å²) in [6.07, 6.45) is 8.03. The van der Waals surface area contributed by atoms with E-state index in [-0.39, 0.29) is 0 Å². The molecule has 0 aromatic heterocycles. The van der Waals surface area contributed by atoms with E-state index in [0.29, 0.717) is 0 Å². The van der Waals surface area contributed by atoms with Crippen molar-refractivity contribution in [1.29, 1.82) is 0 Å². The van der Waals surface area contributed by atoms with Crippen LogP contribution in [0.3, 0.4) is 0 Å². The van der Waals surface area contributed by atoms with Crippen LogP contribution in [0, 0.1) is 5.92 Å². The molecule has 1 atom stereocenters. The lowest BCUT2D eigenvalue weighted by Gasteiger charge is -1.97. The molecule has 0 bridgehead atoms. The predicted molar refractivity (Wildman–Crippen MR) is 75.3 cm³/mol. The molecular weight excluding hydrogens is 180 g/mol. The molecule has 0 radical (unpaired) electrons. The van der Waals surface area contributed by atoms with Gasteiger partial charge in [-0.25, -0.2) is 0 Å². The standard InChI is InChI=1S/C7H12.C4H8.2C2H6/c1-6-4-3-5-7(6)2;1-3-4-2;2*1-2/h7H,1,3-5H2,2H3;3-4H,1-2H3;2*1-2H3/b;4-3-;;. The van der Waals surface area contributed by atoms with Crippen LogP contribution in [0.15, 0.2) is 24.3 Å². The van der Waals surface area contributed by atoms with Crippen molar-refractivity contribution in [1.82, 2.24) is 0 Å². The van der Waals surface area contributed by atoms with E-state index in [1.54, 1.807) is 0 Å². The zero-order chi connectivity index (χ0) is 12.7. The highest BCUT2D eigenvalue weighted by Gasteiger charge is 2.12. The Morgan fingerprint density at radius 1 is 1.07 bits per heavy atom. The van der Waals surface area contributed by atoms with E-state index in [2.05, 4.69) is 13.5 Å². The van der Waals surface area contributed by atoms with Gasteiger partial charge in [0.2, 0.25) is 0 Å². The highest BCUT2D eigenvalue weighted by Crippen LogP contribution is 2.28. The summed E-state index contributed by atoms with van der Waals surface area (Å²) in [7, 11) is 0. The second kappa shape index (κ2) is 19.1. The van der Waals surface area contributed by atoms with Crippen molar-refractivity contribution in [2.75, 3.05) is 0 Å². The Morgan fingerprint density at radius 2 is 1.47 bits per heavy atom. The topological polar surface area (TPSA) is 0 Å². The Hall–Kier alpha value is -0.520. The van der Waals surface area contributed by atoms with Gasteiger partial charge in [-0.15, -0.1) is 0 Å². The minimum Gasteiger partial charge on any atom is -0.0996 e. The summed E-state index contributed by atoms with van der Waals surface area (Å²) in [5, 5.41) is 0. The van der Waals surface area contributed by atoms with Gasteiger partial charge in [0.25, 0.3) is 0 Å². The maximum atomic E-state index is 3.94. The van der Waals surface area contributed by atoms with E-state index in [1.165, 1.54) is 24.8 Å². The molecule has 15 heavy (non-hydrogen) atoms. The Morgan fingerprint density at radius 3 is 1.53 bits per heavy atom. The highest BCUT2D eigenvalue weighted by molar-refractivity contribution is 5.03. The van der Waals surface area contributed by atoms with Crippen LogP contribution >= 0.6 is 0 Å². The number of allylic oxidation sites excluding steroid dienone is 3. The lowest BCUT2D eigenvalue weighted by atomic mass is 10.1. The third-order valence-corrected chi connectivity index (χ3v) is 2.17. The van der Waals surface area contributed by atoms with Crippen LogP contribution in [-0.2, 0) is 0 Å². The lowest BCUT2D eigenvalue weighted by molar-refractivity contribution is 0.697. The van der Waals surface area contributed by atoms with Gasteiger partial charge in [-0.1, -0.05) is 58.9 Å². The summed E-state index contributed by atoms with van der Waals surface area (Å²) in [6.45, 7) is 18.2. The van der Waals surface area contributed by atoms with E-state index in [4.69, 9.17) is 0 Å². The minimum atomic E-state index is 0.819. The monoisotopic (exact) mass is 212 g/mol. The first-order valence-corrected chi connectivity index (χ1v) is 6.47. The normalized spacial score (nSPS) is 18.1. The van der Waals surface area contributed by atoms with E-state index < -0.39 is 0 Å². The average molecular weight is 212 g/mol. The van der Waals surface area contributed by atoms with Crippen molar-refractivity contribution >= 4 is 0 Å². The van der Waals surface area contributed by atoms with E-state index >= 15 is 0 Å². The summed E-state index contributed by atoms with van der Waals surface area (Å²) in [5.41, 5.74) is 1.46. The first-order valence-electron chi connectivity index (χ1n) is 6.47. The Labute approximate surface area is 98.5 Å². The fourth-order valence-corrected chi connectivity index (χ4v) is 1.09. The van der Waals surface area contributed by atoms with Crippen molar-refractivity contribution in [3.8, 4) is 0 Å². The summed E-state index contributed by atoms with van der Waals surface area (Å²) >= 11 is 0. The third-order valence-electron chi connectivity index (χ3n) is 2.17. The van der Waals surface area contributed by atoms with Crippen LogP contribution in [0.5, 0.6) is 0 Å². The number of rotatable bonds is 0. The molecule has 1 rings (SSSR count). The van der Waals surface area contributed by atoms with Gasteiger partial charge in [-0.05, 0) is 39.0 Å². The maximum Gasteiger partial charge on any atom is -0.0234 e. The molecule has 0 amide bonds. The Balaban J connectivity index is -0.000000156. The minimum absolute atomic E-state index is 0.819. The molecular formula is C15H32. The Kier molecular flexibility index (Phi) is 25.4. The molecule has 1 fully saturated rings. The molecule has 92 valence electrons. The van der Waals surface area contributed by atoms with Gasteiger partial charge in [-0.3, -0.25) is 0 Å². The molecule has 0 aliphatic heterocycles. The zero-order valence-corrected chi connectivity index (χ0v) is 12.1. The molecule has 0 nitrogen and oxygen atoms in total. The van der Waals surface area contributed by atoms with E-state index in [0.717, 1.165) is 5.92 Å².